The number of phosphoric ester groups is 1. The van der Waals surface area contributed by atoms with Crippen LogP contribution in [-0.2, 0) is 32.7 Å². The van der Waals surface area contributed by atoms with Crippen LogP contribution in [0.5, 0.6) is 0 Å². The lowest BCUT2D eigenvalue weighted by Crippen LogP contribution is -2.29. The first kappa shape index (κ1) is 47.0. The van der Waals surface area contributed by atoms with Crippen LogP contribution in [0, 0.1) is 0 Å². The molecule has 0 saturated carbocycles. The summed E-state index contributed by atoms with van der Waals surface area (Å²) < 4.78 is 32.6. The molecule has 10 heteroatoms. The smallest absolute Gasteiger partial charge is 0.462 e. The van der Waals surface area contributed by atoms with Gasteiger partial charge in [0.25, 0.3) is 0 Å². The van der Waals surface area contributed by atoms with Crippen LogP contribution in [0.1, 0.15) is 155 Å². The Labute approximate surface area is 298 Å². The molecule has 9 nitrogen and oxygen atoms in total. The molecule has 3 N–H and O–H groups in total. The van der Waals surface area contributed by atoms with E-state index in [0.29, 0.717) is 12.8 Å². The molecule has 0 aromatic rings. The fourth-order valence-corrected chi connectivity index (χ4v) is 5.57. The molecule has 0 spiro atoms. The first-order chi connectivity index (χ1) is 23.8. The van der Waals surface area contributed by atoms with Crippen molar-refractivity contribution in [3.05, 3.63) is 48.6 Å². The Balaban J connectivity index is 4.32. The molecule has 2 atom stereocenters. The number of allylic oxidation sites excluding steroid dienone is 8. The van der Waals surface area contributed by atoms with Crippen molar-refractivity contribution in [1.29, 1.82) is 0 Å². The maximum absolute atomic E-state index is 12.5. The zero-order valence-electron chi connectivity index (χ0n) is 30.9. The maximum Gasteiger partial charge on any atom is 0.472 e. The summed E-state index contributed by atoms with van der Waals surface area (Å²) >= 11 is 0. The third-order valence-electron chi connectivity index (χ3n) is 7.69. The van der Waals surface area contributed by atoms with Gasteiger partial charge in [-0.25, -0.2) is 4.57 Å². The van der Waals surface area contributed by atoms with Gasteiger partial charge in [0.15, 0.2) is 6.10 Å². The Bertz CT molecular complexity index is 949. The third-order valence-corrected chi connectivity index (χ3v) is 8.67. The van der Waals surface area contributed by atoms with Crippen LogP contribution in [0.15, 0.2) is 48.6 Å². The number of hydrogen-bond acceptors (Lipinski definition) is 8. The van der Waals surface area contributed by atoms with Crippen LogP contribution in [0.4, 0.5) is 0 Å². The molecule has 0 aliphatic rings. The van der Waals surface area contributed by atoms with E-state index >= 15 is 0 Å². The molecule has 0 bridgehead atoms. The van der Waals surface area contributed by atoms with E-state index in [0.717, 1.165) is 70.6 Å². The predicted molar refractivity (Wildman–Crippen MR) is 201 cm³/mol. The van der Waals surface area contributed by atoms with Crippen LogP contribution >= 0.6 is 7.82 Å². The molecule has 0 heterocycles. The van der Waals surface area contributed by atoms with Crippen LogP contribution < -0.4 is 5.73 Å². The summed E-state index contributed by atoms with van der Waals surface area (Å²) in [5.74, 6) is -0.888. The van der Waals surface area contributed by atoms with Gasteiger partial charge >= 0.3 is 19.8 Å². The molecule has 0 fully saturated rings. The Kier molecular flexibility index (Phi) is 34.3. The summed E-state index contributed by atoms with van der Waals surface area (Å²) in [6, 6.07) is 0. The number of unbranched alkanes of at least 4 members (excludes halogenated alkanes) is 14. The number of phosphoric acid groups is 1. The maximum atomic E-state index is 12.5. The first-order valence-corrected chi connectivity index (χ1v) is 20.6. The molecule has 0 aliphatic heterocycles. The lowest BCUT2D eigenvalue weighted by Gasteiger charge is -2.19. The van der Waals surface area contributed by atoms with Gasteiger partial charge in [-0.1, -0.05) is 114 Å². The van der Waals surface area contributed by atoms with Crippen molar-refractivity contribution >= 4 is 19.8 Å². The zero-order valence-corrected chi connectivity index (χ0v) is 31.8. The summed E-state index contributed by atoms with van der Waals surface area (Å²) in [4.78, 5) is 34.7. The van der Waals surface area contributed by atoms with E-state index in [9.17, 15) is 19.0 Å². The highest BCUT2D eigenvalue weighted by Crippen LogP contribution is 2.43. The molecule has 284 valence electrons. The van der Waals surface area contributed by atoms with E-state index in [-0.39, 0.29) is 32.6 Å². The minimum absolute atomic E-state index is 0.0454. The number of carbonyl (C=O) groups excluding carboxylic acids is 2. The molecule has 0 aromatic heterocycles. The second-order valence-corrected chi connectivity index (χ2v) is 13.9. The number of hydrogen-bond donors (Lipinski definition) is 2. The van der Waals surface area contributed by atoms with E-state index in [1.54, 1.807) is 0 Å². The third kappa shape index (κ3) is 35.6. The van der Waals surface area contributed by atoms with Gasteiger partial charge in [0.1, 0.15) is 6.61 Å². The zero-order chi connectivity index (χ0) is 36.1. The quantitative estimate of drug-likeness (QED) is 0.0285. The highest BCUT2D eigenvalue weighted by atomic mass is 31.2. The monoisotopic (exact) mass is 711 g/mol. The van der Waals surface area contributed by atoms with E-state index < -0.39 is 32.5 Å². The molecule has 49 heavy (non-hydrogen) atoms. The second-order valence-electron chi connectivity index (χ2n) is 12.4. The number of carbonyl (C=O) groups is 2. The number of esters is 2. The van der Waals surface area contributed by atoms with Crippen molar-refractivity contribution in [3.8, 4) is 0 Å². The van der Waals surface area contributed by atoms with Crippen molar-refractivity contribution < 1.29 is 37.6 Å². The van der Waals surface area contributed by atoms with Gasteiger partial charge in [0.05, 0.1) is 13.2 Å². The van der Waals surface area contributed by atoms with Gasteiger partial charge in [-0.2, -0.15) is 0 Å². The predicted octanol–water partition coefficient (Wildman–Crippen LogP) is 10.4. The Morgan fingerprint density at radius 2 is 1.06 bits per heavy atom. The second kappa shape index (κ2) is 35.8. The Hall–Kier alpha value is -2.03. The number of nitrogens with two attached hydrogens (primary N) is 1. The van der Waals surface area contributed by atoms with Crippen LogP contribution in [0.3, 0.4) is 0 Å². The first-order valence-electron chi connectivity index (χ1n) is 19.1. The van der Waals surface area contributed by atoms with Crippen molar-refractivity contribution in [2.45, 2.75) is 161 Å². The summed E-state index contributed by atoms with van der Waals surface area (Å²) in [5, 5.41) is 0. The van der Waals surface area contributed by atoms with Crippen LogP contribution in [0.2, 0.25) is 0 Å². The summed E-state index contributed by atoms with van der Waals surface area (Å²) in [6.45, 7) is 3.61. The largest absolute Gasteiger partial charge is 0.472 e. The lowest BCUT2D eigenvalue weighted by atomic mass is 10.1. The molecule has 1 unspecified atom stereocenters. The van der Waals surface area contributed by atoms with E-state index in [1.165, 1.54) is 44.9 Å². The van der Waals surface area contributed by atoms with Gasteiger partial charge < -0.3 is 20.1 Å². The molecular formula is C39H70NO8P. The van der Waals surface area contributed by atoms with Gasteiger partial charge in [0, 0.05) is 19.4 Å². The Morgan fingerprint density at radius 1 is 0.612 bits per heavy atom. The lowest BCUT2D eigenvalue weighted by molar-refractivity contribution is -0.161. The van der Waals surface area contributed by atoms with Crippen LogP contribution in [-0.4, -0.2) is 49.3 Å². The van der Waals surface area contributed by atoms with Gasteiger partial charge in [0.2, 0.25) is 0 Å². The van der Waals surface area contributed by atoms with E-state index in [4.69, 9.17) is 24.3 Å². The van der Waals surface area contributed by atoms with Gasteiger partial charge in [-0.05, 0) is 77.0 Å². The summed E-state index contributed by atoms with van der Waals surface area (Å²) in [7, 11) is -4.38. The number of ether oxygens (including phenoxy) is 2. The average molecular weight is 712 g/mol. The van der Waals surface area contributed by atoms with Crippen LogP contribution in [0.25, 0.3) is 0 Å². The molecule has 0 aliphatic carbocycles. The molecular weight excluding hydrogens is 641 g/mol. The highest BCUT2D eigenvalue weighted by Gasteiger charge is 2.25. The molecule has 0 radical (unpaired) electrons. The minimum Gasteiger partial charge on any atom is -0.462 e. The average Bonchev–Trinajstić information content (AvgIpc) is 3.08. The van der Waals surface area contributed by atoms with E-state index in [2.05, 4.69) is 62.5 Å². The standard InChI is InChI=1S/C39H70NO8P/c1-3-5-7-9-11-13-15-17-18-20-21-23-25-27-29-31-38(41)45-35-37(36-47-49(43,44)46-34-33-40)48-39(42)32-30-28-26-24-22-19-16-14-12-10-8-6-4-2/h11,13-14,16-18,21,23,37H,3-10,12,15,19-20,22,24-36,40H2,1-2H3,(H,43,44)/b13-11-,16-14-,18-17-,23-21-/t37-/m1/s1. The SMILES string of the molecule is CCCCC/C=C\C/C=C\C/C=C\CCCCC(=O)OC[C@H](COP(=O)(O)OCCN)OC(=O)CCCCCCC/C=C\CCCCCC. The van der Waals surface area contributed by atoms with Crippen molar-refractivity contribution in [2.75, 3.05) is 26.4 Å². The van der Waals surface area contributed by atoms with Crippen molar-refractivity contribution in [1.82, 2.24) is 0 Å². The number of rotatable bonds is 35. The van der Waals surface area contributed by atoms with E-state index in [1.807, 2.05) is 0 Å². The summed E-state index contributed by atoms with van der Waals surface area (Å²) in [5.41, 5.74) is 5.33. The fraction of sp³-hybridized carbons (Fsp3) is 0.744. The Morgan fingerprint density at radius 3 is 1.67 bits per heavy atom. The fourth-order valence-electron chi connectivity index (χ4n) is 4.81. The van der Waals surface area contributed by atoms with Gasteiger partial charge in [-0.3, -0.25) is 18.6 Å². The molecule has 0 rings (SSSR count). The molecule has 0 saturated heterocycles. The summed E-state index contributed by atoms with van der Waals surface area (Å²) in [6.07, 6.45) is 38.5. The van der Waals surface area contributed by atoms with Gasteiger partial charge in [-0.15, -0.1) is 0 Å². The normalized spacial score (nSPS) is 14.0. The highest BCUT2D eigenvalue weighted by molar-refractivity contribution is 7.47. The minimum atomic E-state index is -4.38. The van der Waals surface area contributed by atoms with Crippen molar-refractivity contribution in [2.24, 2.45) is 5.73 Å². The molecule has 0 amide bonds. The topological polar surface area (TPSA) is 134 Å². The molecule has 0 aromatic carbocycles. The van der Waals surface area contributed by atoms with Crippen molar-refractivity contribution in [3.63, 3.8) is 0 Å².